The molecule has 22 heavy (non-hydrogen) atoms. The average Bonchev–Trinajstić information content (AvgIpc) is 2.56. The molecule has 0 radical (unpaired) electrons. The Labute approximate surface area is 133 Å². The van der Waals surface area contributed by atoms with Crippen molar-refractivity contribution >= 4 is 15.9 Å². The smallest absolute Gasteiger partial charge is 0.282 e. The van der Waals surface area contributed by atoms with Gasteiger partial charge in [0.2, 0.25) is 0 Å². The number of hydrogen-bond donors (Lipinski definition) is 0. The molecule has 1 aromatic carbocycles. The number of hydrogen-bond acceptors (Lipinski definition) is 4. The van der Waals surface area contributed by atoms with Gasteiger partial charge in [-0.25, -0.2) is 0 Å². The molecule has 0 aliphatic carbocycles. The Bertz CT molecular complexity index is 579. The SMILES string of the molecule is CCN(CC)S(=O)(=O)N1CCN(c2ccccc2OC)CC1. The van der Waals surface area contributed by atoms with Gasteiger partial charge in [0.15, 0.2) is 0 Å². The van der Waals surface area contributed by atoms with Crippen LogP contribution in [0, 0.1) is 0 Å². The van der Waals surface area contributed by atoms with Crippen LogP contribution in [0.25, 0.3) is 0 Å². The van der Waals surface area contributed by atoms with Gasteiger partial charge in [0.25, 0.3) is 10.2 Å². The third-order valence-corrected chi connectivity index (χ3v) is 6.21. The van der Waals surface area contributed by atoms with Crippen LogP contribution in [-0.4, -0.2) is 63.4 Å². The Kier molecular flexibility index (Phi) is 5.66. The summed E-state index contributed by atoms with van der Waals surface area (Å²) in [5.74, 6) is 0.822. The van der Waals surface area contributed by atoms with Crippen LogP contribution in [0.2, 0.25) is 0 Å². The van der Waals surface area contributed by atoms with Gasteiger partial charge < -0.3 is 9.64 Å². The van der Waals surface area contributed by atoms with Crippen LogP contribution in [-0.2, 0) is 10.2 Å². The van der Waals surface area contributed by atoms with Crippen molar-refractivity contribution < 1.29 is 13.2 Å². The molecule has 0 unspecified atom stereocenters. The van der Waals surface area contributed by atoms with Gasteiger partial charge in [0, 0.05) is 39.3 Å². The highest BCUT2D eigenvalue weighted by Gasteiger charge is 2.31. The Balaban J connectivity index is 2.07. The standard InChI is InChI=1S/C15H25N3O3S/c1-4-17(5-2)22(19,20)18-12-10-16(11-13-18)14-8-6-7-9-15(14)21-3/h6-9H,4-5,10-13H2,1-3H3. The van der Waals surface area contributed by atoms with Crippen LogP contribution in [0.1, 0.15) is 13.8 Å². The zero-order chi connectivity index (χ0) is 16.2. The summed E-state index contributed by atoms with van der Waals surface area (Å²) in [5.41, 5.74) is 1.02. The van der Waals surface area contributed by atoms with Crippen LogP contribution < -0.4 is 9.64 Å². The molecule has 2 rings (SSSR count). The Morgan fingerprint density at radius 3 is 2.23 bits per heavy atom. The largest absolute Gasteiger partial charge is 0.495 e. The molecule has 1 aliphatic rings. The Hall–Kier alpha value is -1.31. The van der Waals surface area contributed by atoms with Crippen molar-refractivity contribution in [3.63, 3.8) is 0 Å². The molecule has 0 bridgehead atoms. The van der Waals surface area contributed by atoms with Crippen LogP contribution in [0.3, 0.4) is 0 Å². The summed E-state index contributed by atoms with van der Waals surface area (Å²) < 4.78 is 33.5. The van der Waals surface area contributed by atoms with Crippen LogP contribution in [0.15, 0.2) is 24.3 Å². The minimum atomic E-state index is -3.34. The second kappa shape index (κ2) is 7.30. The summed E-state index contributed by atoms with van der Waals surface area (Å²) in [5, 5.41) is 0. The molecule has 0 amide bonds. The molecule has 1 aliphatic heterocycles. The van der Waals surface area contributed by atoms with Crippen molar-refractivity contribution in [3.8, 4) is 5.75 Å². The molecule has 1 aromatic rings. The third-order valence-electron chi connectivity index (χ3n) is 4.02. The maximum absolute atomic E-state index is 12.5. The number of anilines is 1. The summed E-state index contributed by atoms with van der Waals surface area (Å²) in [6.45, 7) is 7.07. The third kappa shape index (κ3) is 3.37. The first-order valence-electron chi connectivity index (χ1n) is 7.67. The molecular weight excluding hydrogens is 302 g/mol. The monoisotopic (exact) mass is 327 g/mol. The highest BCUT2D eigenvalue weighted by molar-refractivity contribution is 7.86. The lowest BCUT2D eigenvalue weighted by atomic mass is 10.2. The van der Waals surface area contributed by atoms with Gasteiger partial charge in [-0.1, -0.05) is 26.0 Å². The molecule has 1 heterocycles. The van der Waals surface area contributed by atoms with Crippen molar-refractivity contribution in [2.45, 2.75) is 13.8 Å². The number of para-hydroxylation sites is 2. The van der Waals surface area contributed by atoms with Crippen molar-refractivity contribution in [1.29, 1.82) is 0 Å². The normalized spacial score (nSPS) is 17.0. The molecule has 124 valence electrons. The van der Waals surface area contributed by atoms with E-state index in [4.69, 9.17) is 4.74 Å². The van der Waals surface area contributed by atoms with E-state index in [1.165, 1.54) is 4.31 Å². The van der Waals surface area contributed by atoms with Gasteiger partial charge in [0.1, 0.15) is 5.75 Å². The van der Waals surface area contributed by atoms with Crippen molar-refractivity contribution in [3.05, 3.63) is 24.3 Å². The predicted octanol–water partition coefficient (Wildman–Crippen LogP) is 1.40. The van der Waals surface area contributed by atoms with E-state index >= 15 is 0 Å². The van der Waals surface area contributed by atoms with Gasteiger partial charge >= 0.3 is 0 Å². The van der Waals surface area contributed by atoms with E-state index < -0.39 is 10.2 Å². The molecule has 0 saturated carbocycles. The van der Waals surface area contributed by atoms with E-state index in [0.717, 1.165) is 11.4 Å². The second-order valence-electron chi connectivity index (χ2n) is 5.15. The van der Waals surface area contributed by atoms with Crippen molar-refractivity contribution in [1.82, 2.24) is 8.61 Å². The van der Waals surface area contributed by atoms with Gasteiger partial charge in [-0.15, -0.1) is 0 Å². The molecule has 1 fully saturated rings. The van der Waals surface area contributed by atoms with Gasteiger partial charge in [0.05, 0.1) is 12.8 Å². The van der Waals surface area contributed by atoms with E-state index in [-0.39, 0.29) is 0 Å². The summed E-state index contributed by atoms with van der Waals surface area (Å²) >= 11 is 0. The van der Waals surface area contributed by atoms with E-state index in [0.29, 0.717) is 39.3 Å². The summed E-state index contributed by atoms with van der Waals surface area (Å²) in [4.78, 5) is 2.17. The molecule has 7 heteroatoms. The molecule has 1 saturated heterocycles. The first-order valence-corrected chi connectivity index (χ1v) is 9.07. The Morgan fingerprint density at radius 2 is 1.68 bits per heavy atom. The number of nitrogens with zero attached hydrogens (tertiary/aromatic N) is 3. The highest BCUT2D eigenvalue weighted by atomic mass is 32.2. The lowest BCUT2D eigenvalue weighted by molar-refractivity contribution is 0.333. The second-order valence-corrected chi connectivity index (χ2v) is 7.08. The lowest BCUT2D eigenvalue weighted by Gasteiger charge is -2.37. The van der Waals surface area contributed by atoms with E-state index in [2.05, 4.69) is 4.90 Å². The summed E-state index contributed by atoms with van der Waals surface area (Å²) in [6, 6.07) is 7.84. The van der Waals surface area contributed by atoms with E-state index in [1.807, 2.05) is 38.1 Å². The number of rotatable bonds is 6. The Morgan fingerprint density at radius 1 is 1.09 bits per heavy atom. The fraction of sp³-hybridized carbons (Fsp3) is 0.600. The predicted molar refractivity (Wildman–Crippen MR) is 88.6 cm³/mol. The van der Waals surface area contributed by atoms with E-state index in [1.54, 1.807) is 11.4 Å². The minimum Gasteiger partial charge on any atom is -0.495 e. The maximum Gasteiger partial charge on any atom is 0.282 e. The number of ether oxygens (including phenoxy) is 1. The van der Waals surface area contributed by atoms with E-state index in [9.17, 15) is 8.42 Å². The van der Waals surface area contributed by atoms with Gasteiger partial charge in [-0.2, -0.15) is 17.0 Å². The first kappa shape index (κ1) is 17.1. The molecule has 0 N–H and O–H groups in total. The number of methoxy groups -OCH3 is 1. The zero-order valence-corrected chi connectivity index (χ0v) is 14.3. The summed E-state index contributed by atoms with van der Waals surface area (Å²) in [6.07, 6.45) is 0. The summed E-state index contributed by atoms with van der Waals surface area (Å²) in [7, 11) is -1.68. The zero-order valence-electron chi connectivity index (χ0n) is 13.5. The molecular formula is C15H25N3O3S. The lowest BCUT2D eigenvalue weighted by Crippen LogP contribution is -2.53. The van der Waals surface area contributed by atoms with Crippen LogP contribution >= 0.6 is 0 Å². The first-order chi connectivity index (χ1) is 10.5. The topological polar surface area (TPSA) is 53.1 Å². The fourth-order valence-electron chi connectivity index (χ4n) is 2.76. The highest BCUT2D eigenvalue weighted by Crippen LogP contribution is 2.28. The van der Waals surface area contributed by atoms with Crippen LogP contribution in [0.5, 0.6) is 5.75 Å². The van der Waals surface area contributed by atoms with Crippen molar-refractivity contribution in [2.75, 3.05) is 51.3 Å². The molecule has 6 nitrogen and oxygen atoms in total. The minimum absolute atomic E-state index is 0.497. The van der Waals surface area contributed by atoms with Crippen molar-refractivity contribution in [2.24, 2.45) is 0 Å². The van der Waals surface area contributed by atoms with Gasteiger partial charge in [-0.05, 0) is 12.1 Å². The number of benzene rings is 1. The molecule has 0 aromatic heterocycles. The average molecular weight is 327 g/mol. The number of piperazine rings is 1. The molecule has 0 spiro atoms. The molecule has 0 atom stereocenters. The maximum atomic E-state index is 12.5. The van der Waals surface area contributed by atoms with Gasteiger partial charge in [-0.3, -0.25) is 0 Å². The fourth-order valence-corrected chi connectivity index (χ4v) is 4.37. The van der Waals surface area contributed by atoms with Crippen LogP contribution in [0.4, 0.5) is 5.69 Å². The quantitative estimate of drug-likeness (QED) is 0.793.